The van der Waals surface area contributed by atoms with Crippen molar-refractivity contribution in [1.29, 1.82) is 0 Å². The van der Waals surface area contributed by atoms with Crippen LogP contribution in [0.5, 0.6) is 5.88 Å². The molecule has 2 aromatic rings. The highest BCUT2D eigenvalue weighted by Crippen LogP contribution is 2.23. The number of fused-ring (bicyclic) bond motifs is 1. The molecule has 108 valence electrons. The third kappa shape index (κ3) is 3.46. The quantitative estimate of drug-likeness (QED) is 0.842. The van der Waals surface area contributed by atoms with Crippen LogP contribution in [0.25, 0.3) is 10.9 Å². The number of aliphatic hydroxyl groups is 1. The van der Waals surface area contributed by atoms with Gasteiger partial charge in [0.05, 0.1) is 19.2 Å². The van der Waals surface area contributed by atoms with Crippen LogP contribution in [0.4, 0.5) is 0 Å². The van der Waals surface area contributed by atoms with Crippen molar-refractivity contribution < 1.29 is 9.84 Å². The van der Waals surface area contributed by atoms with E-state index in [1.807, 2.05) is 18.2 Å². The summed E-state index contributed by atoms with van der Waals surface area (Å²) in [5.74, 6) is 0.669. The Labute approximate surface area is 120 Å². The third-order valence-electron chi connectivity index (χ3n) is 3.31. The summed E-state index contributed by atoms with van der Waals surface area (Å²) in [6, 6.07) is 10.2. The van der Waals surface area contributed by atoms with E-state index in [9.17, 15) is 0 Å². The summed E-state index contributed by atoms with van der Waals surface area (Å²) >= 11 is 0. The first-order valence-corrected chi connectivity index (χ1v) is 7.04. The van der Waals surface area contributed by atoms with Crippen molar-refractivity contribution in [2.24, 2.45) is 0 Å². The van der Waals surface area contributed by atoms with E-state index in [1.165, 1.54) is 0 Å². The topological polar surface area (TPSA) is 45.6 Å². The summed E-state index contributed by atoms with van der Waals surface area (Å²) in [5.41, 5.74) is 2.00. The van der Waals surface area contributed by atoms with Gasteiger partial charge in [0, 0.05) is 24.0 Å². The van der Waals surface area contributed by atoms with E-state index in [4.69, 9.17) is 9.84 Å². The van der Waals surface area contributed by atoms with Crippen LogP contribution in [-0.4, -0.2) is 41.8 Å². The lowest BCUT2D eigenvalue weighted by molar-refractivity contribution is 0.188. The van der Waals surface area contributed by atoms with Gasteiger partial charge >= 0.3 is 0 Å². The number of para-hydroxylation sites is 1. The fraction of sp³-hybridized carbons (Fsp3) is 0.438. The number of rotatable bonds is 7. The zero-order valence-electron chi connectivity index (χ0n) is 12.2. The molecule has 1 N–H and O–H groups in total. The van der Waals surface area contributed by atoms with Crippen molar-refractivity contribution in [2.75, 3.05) is 26.8 Å². The van der Waals surface area contributed by atoms with Crippen LogP contribution in [0, 0.1) is 0 Å². The molecule has 0 aliphatic carbocycles. The Balaban J connectivity index is 2.31. The molecular weight excluding hydrogens is 252 g/mol. The molecule has 1 aromatic heterocycles. The van der Waals surface area contributed by atoms with E-state index in [2.05, 4.69) is 28.9 Å². The van der Waals surface area contributed by atoms with Gasteiger partial charge in [-0.05, 0) is 25.1 Å². The van der Waals surface area contributed by atoms with Crippen LogP contribution >= 0.6 is 0 Å². The number of aliphatic hydroxyl groups excluding tert-OH is 1. The Hall–Kier alpha value is -1.65. The maximum atomic E-state index is 9.15. The van der Waals surface area contributed by atoms with Gasteiger partial charge in [-0.25, -0.2) is 4.98 Å². The largest absolute Gasteiger partial charge is 0.481 e. The third-order valence-corrected chi connectivity index (χ3v) is 3.31. The van der Waals surface area contributed by atoms with E-state index in [0.717, 1.165) is 36.0 Å². The highest BCUT2D eigenvalue weighted by atomic mass is 16.5. The second kappa shape index (κ2) is 7.22. The van der Waals surface area contributed by atoms with Gasteiger partial charge in [0.15, 0.2) is 0 Å². The average Bonchev–Trinajstić information content (AvgIpc) is 2.47. The smallest absolute Gasteiger partial charge is 0.218 e. The molecule has 0 radical (unpaired) electrons. The van der Waals surface area contributed by atoms with E-state index in [0.29, 0.717) is 12.4 Å². The molecule has 4 heteroatoms. The maximum Gasteiger partial charge on any atom is 0.218 e. The number of pyridine rings is 1. The SMILES string of the molecule is CCCN(CCO)Cc1cc2ccccc2nc1OC. The van der Waals surface area contributed by atoms with Crippen LogP contribution < -0.4 is 4.74 Å². The number of ether oxygens (including phenoxy) is 1. The summed E-state index contributed by atoms with van der Waals surface area (Å²) < 4.78 is 5.41. The molecule has 1 aromatic carbocycles. The molecule has 0 atom stereocenters. The van der Waals surface area contributed by atoms with Gasteiger partial charge in [0.1, 0.15) is 0 Å². The van der Waals surface area contributed by atoms with Gasteiger partial charge in [0.25, 0.3) is 0 Å². The van der Waals surface area contributed by atoms with Gasteiger partial charge in [-0.2, -0.15) is 0 Å². The Morgan fingerprint density at radius 1 is 1.25 bits per heavy atom. The lowest BCUT2D eigenvalue weighted by Crippen LogP contribution is -2.27. The first-order valence-electron chi connectivity index (χ1n) is 7.04. The molecule has 0 saturated carbocycles. The Bertz CT molecular complexity index is 551. The second-order valence-corrected chi connectivity index (χ2v) is 4.85. The lowest BCUT2D eigenvalue weighted by atomic mass is 10.1. The van der Waals surface area contributed by atoms with Gasteiger partial charge < -0.3 is 9.84 Å². The molecule has 0 aliphatic heterocycles. The van der Waals surface area contributed by atoms with Crippen molar-refractivity contribution in [2.45, 2.75) is 19.9 Å². The summed E-state index contributed by atoms with van der Waals surface area (Å²) in [6.07, 6.45) is 1.06. The average molecular weight is 274 g/mol. The van der Waals surface area contributed by atoms with Crippen LogP contribution in [-0.2, 0) is 6.54 Å². The molecular formula is C16H22N2O2. The Morgan fingerprint density at radius 2 is 2.05 bits per heavy atom. The zero-order valence-corrected chi connectivity index (χ0v) is 12.2. The van der Waals surface area contributed by atoms with Crippen LogP contribution in [0.3, 0.4) is 0 Å². The predicted octanol–water partition coefficient (Wildman–Crippen LogP) is 2.45. The number of methoxy groups -OCH3 is 1. The number of benzene rings is 1. The number of hydrogen-bond acceptors (Lipinski definition) is 4. The van der Waals surface area contributed by atoms with Crippen molar-refractivity contribution in [1.82, 2.24) is 9.88 Å². The lowest BCUT2D eigenvalue weighted by Gasteiger charge is -2.21. The van der Waals surface area contributed by atoms with E-state index in [1.54, 1.807) is 7.11 Å². The predicted molar refractivity (Wildman–Crippen MR) is 80.9 cm³/mol. The zero-order chi connectivity index (χ0) is 14.4. The van der Waals surface area contributed by atoms with Crippen LogP contribution in [0.1, 0.15) is 18.9 Å². The molecule has 0 amide bonds. The Kier molecular flexibility index (Phi) is 5.32. The molecule has 0 bridgehead atoms. The number of aromatic nitrogens is 1. The minimum Gasteiger partial charge on any atom is -0.481 e. The maximum absolute atomic E-state index is 9.15. The second-order valence-electron chi connectivity index (χ2n) is 4.85. The highest BCUT2D eigenvalue weighted by molar-refractivity contribution is 5.80. The molecule has 20 heavy (non-hydrogen) atoms. The normalized spacial score (nSPS) is 11.2. The fourth-order valence-electron chi connectivity index (χ4n) is 2.40. The molecule has 1 heterocycles. The minimum atomic E-state index is 0.170. The first-order chi connectivity index (χ1) is 9.78. The molecule has 0 spiro atoms. The van der Waals surface area contributed by atoms with E-state index >= 15 is 0 Å². The molecule has 0 unspecified atom stereocenters. The van der Waals surface area contributed by atoms with Crippen molar-refractivity contribution >= 4 is 10.9 Å². The molecule has 0 saturated heterocycles. The monoisotopic (exact) mass is 274 g/mol. The fourth-order valence-corrected chi connectivity index (χ4v) is 2.40. The molecule has 0 aliphatic rings. The highest BCUT2D eigenvalue weighted by Gasteiger charge is 2.11. The number of nitrogens with zero attached hydrogens (tertiary/aromatic N) is 2. The van der Waals surface area contributed by atoms with Crippen LogP contribution in [0.2, 0.25) is 0 Å². The molecule has 0 fully saturated rings. The van der Waals surface area contributed by atoms with E-state index in [-0.39, 0.29) is 6.61 Å². The van der Waals surface area contributed by atoms with Crippen molar-refractivity contribution in [3.63, 3.8) is 0 Å². The molecule has 4 nitrogen and oxygen atoms in total. The van der Waals surface area contributed by atoms with Gasteiger partial charge in [-0.3, -0.25) is 4.90 Å². The van der Waals surface area contributed by atoms with Crippen molar-refractivity contribution in [3.8, 4) is 5.88 Å². The molecule has 2 rings (SSSR count). The van der Waals surface area contributed by atoms with Gasteiger partial charge in [-0.1, -0.05) is 25.1 Å². The Morgan fingerprint density at radius 3 is 2.75 bits per heavy atom. The minimum absolute atomic E-state index is 0.170. The summed E-state index contributed by atoms with van der Waals surface area (Å²) in [7, 11) is 1.65. The first kappa shape index (κ1) is 14.8. The van der Waals surface area contributed by atoms with Crippen LogP contribution in [0.15, 0.2) is 30.3 Å². The summed E-state index contributed by atoms with van der Waals surface area (Å²) in [6.45, 7) is 4.68. The standard InChI is InChI=1S/C16H22N2O2/c1-3-8-18(9-10-19)12-14-11-13-6-4-5-7-15(13)17-16(14)20-2/h4-7,11,19H,3,8-10,12H2,1-2H3. The van der Waals surface area contributed by atoms with Crippen molar-refractivity contribution in [3.05, 3.63) is 35.9 Å². The summed E-state index contributed by atoms with van der Waals surface area (Å²) in [4.78, 5) is 6.77. The number of hydrogen-bond donors (Lipinski definition) is 1. The van der Waals surface area contributed by atoms with Gasteiger partial charge in [-0.15, -0.1) is 0 Å². The summed E-state index contributed by atoms with van der Waals surface area (Å²) in [5, 5.41) is 10.3. The van der Waals surface area contributed by atoms with Gasteiger partial charge in [0.2, 0.25) is 5.88 Å². The van der Waals surface area contributed by atoms with E-state index < -0.39 is 0 Å².